The van der Waals surface area contributed by atoms with E-state index in [0.29, 0.717) is 6.54 Å². The summed E-state index contributed by atoms with van der Waals surface area (Å²) in [5.41, 5.74) is 9.53. The van der Waals surface area contributed by atoms with Gasteiger partial charge < -0.3 is 10.7 Å². The Kier molecular flexibility index (Phi) is 4.20. The Labute approximate surface area is 133 Å². The highest BCUT2D eigenvalue weighted by atomic mass is 35.5. The van der Waals surface area contributed by atoms with Crippen molar-refractivity contribution in [2.24, 2.45) is 5.73 Å². The van der Waals surface area contributed by atoms with Gasteiger partial charge in [-0.1, -0.05) is 35.3 Å². The van der Waals surface area contributed by atoms with E-state index < -0.39 is 0 Å². The smallest absolute Gasteiger partial charge is 0.0457 e. The van der Waals surface area contributed by atoms with Gasteiger partial charge in [-0.05, 0) is 54.4 Å². The molecule has 0 aliphatic heterocycles. The third-order valence-electron chi connectivity index (χ3n) is 3.80. The fourth-order valence-electron chi connectivity index (χ4n) is 2.68. The van der Waals surface area contributed by atoms with Crippen molar-refractivity contribution in [3.05, 3.63) is 69.8 Å². The molecule has 0 bridgehead atoms. The van der Waals surface area contributed by atoms with E-state index in [1.165, 1.54) is 11.1 Å². The molecule has 0 amide bonds. The molecule has 2 nitrogen and oxygen atoms in total. The van der Waals surface area contributed by atoms with Crippen molar-refractivity contribution in [2.45, 2.75) is 12.3 Å². The van der Waals surface area contributed by atoms with Crippen LogP contribution in [0.1, 0.15) is 17.0 Å². The van der Waals surface area contributed by atoms with Crippen LogP contribution in [0.3, 0.4) is 0 Å². The molecule has 21 heavy (non-hydrogen) atoms. The summed E-state index contributed by atoms with van der Waals surface area (Å²) < 4.78 is 0. The lowest BCUT2D eigenvalue weighted by molar-refractivity contribution is 0.699. The van der Waals surface area contributed by atoms with E-state index in [4.69, 9.17) is 28.9 Å². The Hall–Kier alpha value is -1.48. The van der Waals surface area contributed by atoms with Crippen molar-refractivity contribution in [3.8, 4) is 0 Å². The minimum Gasteiger partial charge on any atom is -0.361 e. The summed E-state index contributed by atoms with van der Waals surface area (Å²) in [6.45, 7) is 0.585. The zero-order valence-corrected chi connectivity index (χ0v) is 13.0. The molecule has 1 aromatic heterocycles. The number of aromatic nitrogens is 1. The first-order chi connectivity index (χ1) is 10.2. The van der Waals surface area contributed by atoms with Crippen LogP contribution in [0.15, 0.2) is 48.7 Å². The summed E-state index contributed by atoms with van der Waals surface area (Å²) >= 11 is 12.0. The van der Waals surface area contributed by atoms with E-state index in [1.807, 2.05) is 48.7 Å². The second-order valence-electron chi connectivity index (χ2n) is 5.20. The van der Waals surface area contributed by atoms with E-state index in [-0.39, 0.29) is 5.92 Å². The maximum Gasteiger partial charge on any atom is 0.0457 e. The molecular weight excluding hydrogens is 303 g/mol. The zero-order valence-electron chi connectivity index (χ0n) is 11.4. The minimum atomic E-state index is 0.249. The molecule has 1 unspecified atom stereocenters. The minimum absolute atomic E-state index is 0.249. The Balaban J connectivity index is 1.94. The highest BCUT2D eigenvalue weighted by Crippen LogP contribution is 2.30. The van der Waals surface area contributed by atoms with Gasteiger partial charge in [-0.3, -0.25) is 0 Å². The highest BCUT2D eigenvalue weighted by molar-refractivity contribution is 6.31. The number of hydrogen-bond acceptors (Lipinski definition) is 1. The lowest BCUT2D eigenvalue weighted by atomic mass is 9.92. The standard InChI is InChI=1S/C17H16Cl2N2/c18-13-3-1-11(2-4-13)7-12(9-20)16-10-21-17-6-5-14(19)8-15(16)17/h1-6,8,10,12,21H,7,9,20H2. The van der Waals surface area contributed by atoms with Gasteiger partial charge in [0.1, 0.15) is 0 Å². The molecule has 1 heterocycles. The number of fused-ring (bicyclic) bond motifs is 1. The second kappa shape index (κ2) is 6.10. The van der Waals surface area contributed by atoms with Crippen molar-refractivity contribution < 1.29 is 0 Å². The maximum atomic E-state index is 6.11. The van der Waals surface area contributed by atoms with Crippen LogP contribution < -0.4 is 5.73 Å². The van der Waals surface area contributed by atoms with Gasteiger partial charge in [0.25, 0.3) is 0 Å². The monoisotopic (exact) mass is 318 g/mol. The normalized spacial score (nSPS) is 12.7. The summed E-state index contributed by atoms with van der Waals surface area (Å²) in [5.74, 6) is 0.249. The van der Waals surface area contributed by atoms with Crippen molar-refractivity contribution >= 4 is 34.1 Å². The predicted octanol–water partition coefficient (Wildman–Crippen LogP) is 4.76. The van der Waals surface area contributed by atoms with Gasteiger partial charge in [0, 0.05) is 33.1 Å². The molecule has 3 N–H and O–H groups in total. The summed E-state index contributed by atoms with van der Waals surface area (Å²) in [4.78, 5) is 3.29. The molecule has 0 aliphatic rings. The fraction of sp³-hybridized carbons (Fsp3) is 0.176. The molecule has 108 valence electrons. The summed E-state index contributed by atoms with van der Waals surface area (Å²) in [6, 6.07) is 13.8. The first-order valence-electron chi connectivity index (χ1n) is 6.88. The van der Waals surface area contributed by atoms with E-state index in [1.54, 1.807) is 0 Å². The van der Waals surface area contributed by atoms with Crippen molar-refractivity contribution in [2.75, 3.05) is 6.54 Å². The fourth-order valence-corrected chi connectivity index (χ4v) is 2.98. The second-order valence-corrected chi connectivity index (χ2v) is 6.07. The summed E-state index contributed by atoms with van der Waals surface area (Å²) in [5, 5.41) is 2.64. The highest BCUT2D eigenvalue weighted by Gasteiger charge is 2.15. The predicted molar refractivity (Wildman–Crippen MR) is 90.3 cm³/mol. The molecular formula is C17H16Cl2N2. The average molecular weight is 319 g/mol. The molecule has 0 fully saturated rings. The lowest BCUT2D eigenvalue weighted by Crippen LogP contribution is -2.14. The van der Waals surface area contributed by atoms with Crippen LogP contribution in [0.5, 0.6) is 0 Å². The van der Waals surface area contributed by atoms with Crippen LogP contribution in [-0.2, 0) is 6.42 Å². The van der Waals surface area contributed by atoms with Crippen LogP contribution in [0, 0.1) is 0 Å². The molecule has 0 saturated carbocycles. The van der Waals surface area contributed by atoms with Crippen LogP contribution >= 0.6 is 23.2 Å². The Morgan fingerprint density at radius 2 is 1.71 bits per heavy atom. The van der Waals surface area contributed by atoms with Gasteiger partial charge in [-0.2, -0.15) is 0 Å². The number of rotatable bonds is 4. The van der Waals surface area contributed by atoms with Crippen molar-refractivity contribution in [1.82, 2.24) is 4.98 Å². The molecule has 4 heteroatoms. The number of benzene rings is 2. The lowest BCUT2D eigenvalue weighted by Gasteiger charge is -2.14. The summed E-state index contributed by atoms with van der Waals surface area (Å²) in [6.07, 6.45) is 2.92. The Bertz CT molecular complexity index is 747. The summed E-state index contributed by atoms with van der Waals surface area (Å²) in [7, 11) is 0. The van der Waals surface area contributed by atoms with Crippen LogP contribution in [0.2, 0.25) is 10.0 Å². The molecule has 0 spiro atoms. The molecule has 1 atom stereocenters. The average Bonchev–Trinajstić information content (AvgIpc) is 2.89. The number of nitrogens with two attached hydrogens (primary N) is 1. The van der Waals surface area contributed by atoms with E-state index in [0.717, 1.165) is 27.4 Å². The SMILES string of the molecule is NCC(Cc1ccc(Cl)cc1)c1c[nH]c2ccc(Cl)cc12. The number of hydrogen-bond donors (Lipinski definition) is 2. The first-order valence-corrected chi connectivity index (χ1v) is 7.64. The topological polar surface area (TPSA) is 41.8 Å². The van der Waals surface area contributed by atoms with E-state index in [9.17, 15) is 0 Å². The van der Waals surface area contributed by atoms with Gasteiger partial charge in [-0.25, -0.2) is 0 Å². The molecule has 0 aliphatic carbocycles. The van der Waals surface area contributed by atoms with Gasteiger partial charge >= 0.3 is 0 Å². The molecule has 0 radical (unpaired) electrons. The van der Waals surface area contributed by atoms with E-state index >= 15 is 0 Å². The quantitative estimate of drug-likeness (QED) is 0.715. The van der Waals surface area contributed by atoms with Crippen molar-refractivity contribution in [1.29, 1.82) is 0 Å². The Morgan fingerprint density at radius 3 is 2.43 bits per heavy atom. The zero-order chi connectivity index (χ0) is 14.8. The third-order valence-corrected chi connectivity index (χ3v) is 4.28. The van der Waals surface area contributed by atoms with Crippen LogP contribution in [0.25, 0.3) is 10.9 Å². The molecule has 2 aromatic carbocycles. The third kappa shape index (κ3) is 3.08. The van der Waals surface area contributed by atoms with Gasteiger partial charge in [0.2, 0.25) is 0 Å². The molecule has 3 rings (SSSR count). The van der Waals surface area contributed by atoms with Gasteiger partial charge in [-0.15, -0.1) is 0 Å². The molecule has 0 saturated heterocycles. The number of aromatic amines is 1. The van der Waals surface area contributed by atoms with Crippen molar-refractivity contribution in [3.63, 3.8) is 0 Å². The number of nitrogens with one attached hydrogen (secondary N) is 1. The number of halogens is 2. The van der Waals surface area contributed by atoms with Crippen LogP contribution in [-0.4, -0.2) is 11.5 Å². The van der Waals surface area contributed by atoms with Crippen LogP contribution in [0.4, 0.5) is 0 Å². The van der Waals surface area contributed by atoms with Gasteiger partial charge in [0.05, 0.1) is 0 Å². The molecule has 3 aromatic rings. The number of H-pyrrole nitrogens is 1. The largest absolute Gasteiger partial charge is 0.361 e. The first kappa shape index (κ1) is 14.5. The Morgan fingerprint density at radius 1 is 1.00 bits per heavy atom. The van der Waals surface area contributed by atoms with Gasteiger partial charge in [0.15, 0.2) is 0 Å². The maximum absolute atomic E-state index is 6.11. The van der Waals surface area contributed by atoms with E-state index in [2.05, 4.69) is 4.98 Å².